The van der Waals surface area contributed by atoms with Crippen molar-refractivity contribution in [2.75, 3.05) is 0 Å². The summed E-state index contributed by atoms with van der Waals surface area (Å²) >= 11 is 0. The molecule has 2 heterocycles. The summed E-state index contributed by atoms with van der Waals surface area (Å²) in [6.07, 6.45) is 2.26. The highest BCUT2D eigenvalue weighted by Crippen LogP contribution is 2.52. The highest BCUT2D eigenvalue weighted by atomic mass is 19.4. The van der Waals surface area contributed by atoms with E-state index in [-0.39, 0.29) is 35.5 Å². The van der Waals surface area contributed by atoms with Gasteiger partial charge in [0.05, 0.1) is 5.69 Å². The Kier molecular flexibility index (Phi) is 4.66. The summed E-state index contributed by atoms with van der Waals surface area (Å²) in [6.45, 7) is 0.248. The van der Waals surface area contributed by atoms with Crippen LogP contribution in [-0.2, 0) is 23.9 Å². The third-order valence-electron chi connectivity index (χ3n) is 6.73. The van der Waals surface area contributed by atoms with Gasteiger partial charge in [0.15, 0.2) is 0 Å². The van der Waals surface area contributed by atoms with E-state index in [9.17, 15) is 22.8 Å². The van der Waals surface area contributed by atoms with Crippen LogP contribution in [-0.4, -0.2) is 27.4 Å². The minimum absolute atomic E-state index is 0.0482. The Morgan fingerprint density at radius 2 is 1.86 bits per heavy atom. The maximum absolute atomic E-state index is 13.3. The molecule has 154 valence electrons. The van der Waals surface area contributed by atoms with E-state index in [1.807, 2.05) is 0 Å². The second-order valence-electron chi connectivity index (χ2n) is 8.59. The number of nitrogens with one attached hydrogen (secondary N) is 1. The quantitative estimate of drug-likeness (QED) is 0.820. The number of nitrogens with zero attached hydrogens (tertiary/aromatic N) is 2. The van der Waals surface area contributed by atoms with Crippen molar-refractivity contribution >= 4 is 11.8 Å². The van der Waals surface area contributed by atoms with Crippen LogP contribution in [0.5, 0.6) is 0 Å². The van der Waals surface area contributed by atoms with Crippen LogP contribution in [0, 0.1) is 11.3 Å². The third kappa shape index (κ3) is 3.39. The normalized spacial score (nSPS) is 29.8. The second kappa shape index (κ2) is 6.77. The average molecular weight is 398 g/mol. The van der Waals surface area contributed by atoms with Crippen molar-refractivity contribution in [2.24, 2.45) is 17.1 Å². The van der Waals surface area contributed by atoms with Crippen molar-refractivity contribution in [1.29, 1.82) is 0 Å². The molecule has 0 bridgehead atoms. The molecule has 2 fully saturated rings. The van der Waals surface area contributed by atoms with E-state index in [2.05, 4.69) is 10.3 Å². The molecule has 1 aromatic heterocycles. The topological polar surface area (TPSA) is 90.0 Å². The highest BCUT2D eigenvalue weighted by Gasteiger charge is 2.48. The molecule has 1 spiro atoms. The lowest BCUT2D eigenvalue weighted by atomic mass is 9.57. The van der Waals surface area contributed by atoms with Crippen molar-refractivity contribution in [2.45, 2.75) is 76.6 Å². The highest BCUT2D eigenvalue weighted by molar-refractivity contribution is 5.94. The minimum Gasteiger partial charge on any atom is -0.369 e. The van der Waals surface area contributed by atoms with Crippen LogP contribution in [0.25, 0.3) is 0 Å². The van der Waals surface area contributed by atoms with Gasteiger partial charge in [-0.15, -0.1) is 0 Å². The maximum atomic E-state index is 13.3. The van der Waals surface area contributed by atoms with Crippen molar-refractivity contribution in [3.8, 4) is 0 Å². The zero-order valence-electron chi connectivity index (χ0n) is 15.6. The molecule has 3 aliphatic rings. The number of halogens is 3. The van der Waals surface area contributed by atoms with Crippen LogP contribution in [0.3, 0.4) is 0 Å². The standard InChI is InChI=1S/C19H25F3N4O2/c20-19(21,22)17-25-14(13-3-1-2-8-26(13)17)16(28)24-12-9-18(10-12)6-4-11(5-7-18)15(23)27/h11-12H,1-10H2,(H2,23,27)(H,24,28). The average Bonchev–Trinajstić information content (AvgIpc) is 3.01. The van der Waals surface area contributed by atoms with Crippen molar-refractivity contribution in [1.82, 2.24) is 14.9 Å². The molecule has 0 saturated heterocycles. The molecule has 0 aromatic carbocycles. The molecule has 0 radical (unpaired) electrons. The van der Waals surface area contributed by atoms with Gasteiger partial charge in [0.1, 0.15) is 5.69 Å². The van der Waals surface area contributed by atoms with Gasteiger partial charge in [-0.3, -0.25) is 9.59 Å². The Hall–Kier alpha value is -2.06. The van der Waals surface area contributed by atoms with E-state index in [0.29, 0.717) is 18.5 Å². The lowest BCUT2D eigenvalue weighted by Crippen LogP contribution is -2.52. The van der Waals surface area contributed by atoms with Gasteiger partial charge >= 0.3 is 6.18 Å². The molecule has 9 heteroatoms. The van der Waals surface area contributed by atoms with Crippen molar-refractivity contribution < 1.29 is 22.8 Å². The smallest absolute Gasteiger partial charge is 0.369 e. The molecule has 0 atom stereocenters. The summed E-state index contributed by atoms with van der Waals surface area (Å²) < 4.78 is 41.0. The molecule has 2 aliphatic carbocycles. The van der Waals surface area contributed by atoms with Gasteiger partial charge in [0.25, 0.3) is 5.91 Å². The fourth-order valence-electron chi connectivity index (χ4n) is 5.21. The summed E-state index contributed by atoms with van der Waals surface area (Å²) in [5.41, 5.74) is 5.83. The predicted molar refractivity (Wildman–Crippen MR) is 94.2 cm³/mol. The van der Waals surface area contributed by atoms with E-state index in [0.717, 1.165) is 49.5 Å². The number of fused-ring (bicyclic) bond motifs is 1. The number of nitrogens with two attached hydrogens (primary N) is 1. The molecule has 2 saturated carbocycles. The summed E-state index contributed by atoms with van der Waals surface area (Å²) in [5.74, 6) is -1.78. The molecule has 28 heavy (non-hydrogen) atoms. The van der Waals surface area contributed by atoms with E-state index in [1.54, 1.807) is 0 Å². The Bertz CT molecular complexity index is 786. The van der Waals surface area contributed by atoms with Gasteiger partial charge in [0.2, 0.25) is 11.7 Å². The van der Waals surface area contributed by atoms with Gasteiger partial charge < -0.3 is 15.6 Å². The first-order valence-corrected chi connectivity index (χ1v) is 9.95. The van der Waals surface area contributed by atoms with Crippen LogP contribution in [0.4, 0.5) is 13.2 Å². The summed E-state index contributed by atoms with van der Waals surface area (Å²) in [7, 11) is 0. The molecule has 1 aromatic rings. The molecular formula is C19H25F3N4O2. The summed E-state index contributed by atoms with van der Waals surface area (Å²) in [4.78, 5) is 27.6. The largest absolute Gasteiger partial charge is 0.449 e. The van der Waals surface area contributed by atoms with Gasteiger partial charge in [-0.1, -0.05) is 0 Å². The number of aromatic nitrogens is 2. The van der Waals surface area contributed by atoms with Gasteiger partial charge in [-0.05, 0) is 63.2 Å². The van der Waals surface area contributed by atoms with Crippen LogP contribution >= 0.6 is 0 Å². The molecular weight excluding hydrogens is 373 g/mol. The Labute approximate surface area is 161 Å². The van der Waals surface area contributed by atoms with Gasteiger partial charge in [0, 0.05) is 18.5 Å². The second-order valence-corrected chi connectivity index (χ2v) is 8.59. The number of carbonyl (C=O) groups is 2. The summed E-state index contributed by atoms with van der Waals surface area (Å²) in [6, 6.07) is -0.0482. The Morgan fingerprint density at radius 3 is 2.46 bits per heavy atom. The zero-order valence-corrected chi connectivity index (χ0v) is 15.6. The van der Waals surface area contributed by atoms with Gasteiger partial charge in [-0.2, -0.15) is 13.2 Å². The fourth-order valence-corrected chi connectivity index (χ4v) is 5.21. The number of hydrogen-bond acceptors (Lipinski definition) is 3. The molecule has 2 amide bonds. The van der Waals surface area contributed by atoms with Crippen LogP contribution in [0.1, 0.15) is 73.4 Å². The van der Waals surface area contributed by atoms with Crippen LogP contribution < -0.4 is 11.1 Å². The molecule has 0 unspecified atom stereocenters. The fraction of sp³-hybridized carbons (Fsp3) is 0.737. The van der Waals surface area contributed by atoms with Crippen LogP contribution in [0.15, 0.2) is 0 Å². The number of alkyl halides is 3. The van der Waals surface area contributed by atoms with E-state index in [1.165, 1.54) is 0 Å². The SMILES string of the molecule is NC(=O)C1CCC2(CC1)CC(NC(=O)c1nc(C(F)(F)F)n3c1CCCC3)C2. The summed E-state index contributed by atoms with van der Waals surface area (Å²) in [5, 5.41) is 2.88. The van der Waals surface area contributed by atoms with Crippen molar-refractivity contribution in [3.05, 3.63) is 17.2 Å². The number of imidazole rings is 1. The number of hydrogen-bond donors (Lipinski definition) is 2. The molecule has 1 aliphatic heterocycles. The third-order valence-corrected chi connectivity index (χ3v) is 6.73. The monoisotopic (exact) mass is 398 g/mol. The van der Waals surface area contributed by atoms with Gasteiger partial charge in [-0.25, -0.2) is 4.98 Å². The predicted octanol–water partition coefficient (Wildman–Crippen LogP) is 2.79. The van der Waals surface area contributed by atoms with E-state index >= 15 is 0 Å². The Morgan fingerprint density at radius 1 is 1.18 bits per heavy atom. The maximum Gasteiger partial charge on any atom is 0.449 e. The lowest BCUT2D eigenvalue weighted by Gasteiger charge is -2.51. The molecule has 6 nitrogen and oxygen atoms in total. The number of amides is 2. The van der Waals surface area contributed by atoms with Crippen LogP contribution in [0.2, 0.25) is 0 Å². The first-order valence-electron chi connectivity index (χ1n) is 9.95. The van der Waals surface area contributed by atoms with Crippen molar-refractivity contribution in [3.63, 3.8) is 0 Å². The lowest BCUT2D eigenvalue weighted by molar-refractivity contribution is -0.147. The molecule has 3 N–H and O–H groups in total. The van der Waals surface area contributed by atoms with E-state index < -0.39 is 17.9 Å². The number of primary amides is 1. The number of carbonyl (C=O) groups excluding carboxylic acids is 2. The minimum atomic E-state index is -4.57. The first-order chi connectivity index (χ1) is 13.2. The molecule has 4 rings (SSSR count). The first kappa shape index (κ1) is 19.3. The number of rotatable bonds is 3. The zero-order chi connectivity index (χ0) is 20.1. The Balaban J connectivity index is 1.41. The van der Waals surface area contributed by atoms with E-state index in [4.69, 9.17) is 5.73 Å².